The number of thiazole rings is 1. The van der Waals surface area contributed by atoms with Crippen molar-refractivity contribution >= 4 is 50.8 Å². The third-order valence-electron chi connectivity index (χ3n) is 4.37. The number of ether oxygens (including phenoxy) is 1. The molecule has 0 aliphatic rings. The third kappa shape index (κ3) is 7.15. The van der Waals surface area contributed by atoms with Crippen LogP contribution in [0.25, 0.3) is 10.2 Å². The zero-order chi connectivity index (χ0) is 22.9. The first-order valence-corrected chi connectivity index (χ1v) is 11.8. The number of fused-ring (bicyclic) bond motifs is 1. The Morgan fingerprint density at radius 1 is 1.28 bits per heavy atom. The van der Waals surface area contributed by atoms with Crippen molar-refractivity contribution in [2.45, 2.75) is 23.7 Å². The van der Waals surface area contributed by atoms with Crippen molar-refractivity contribution in [3.05, 3.63) is 66.5 Å². The predicted octanol–water partition coefficient (Wildman–Crippen LogP) is 4.42. The molecule has 1 unspecified atom stereocenters. The van der Waals surface area contributed by atoms with Crippen LogP contribution in [0.4, 0.5) is 10.1 Å². The van der Waals surface area contributed by atoms with Crippen LogP contribution >= 0.6 is 23.1 Å². The molecule has 1 atom stereocenters. The average Bonchev–Trinajstić information content (AvgIpc) is 3.16. The Labute approximate surface area is 194 Å². The summed E-state index contributed by atoms with van der Waals surface area (Å²) in [5.74, 6) is -0.223. The van der Waals surface area contributed by atoms with E-state index in [4.69, 9.17) is 4.74 Å². The number of benzene rings is 2. The van der Waals surface area contributed by atoms with E-state index in [1.165, 1.54) is 19.1 Å². The fourth-order valence-electron chi connectivity index (χ4n) is 2.94. The van der Waals surface area contributed by atoms with Gasteiger partial charge in [-0.1, -0.05) is 30.0 Å². The number of anilines is 1. The Balaban J connectivity index is 1.65. The number of carbonyl (C=O) groups excluding carboxylic acids is 2. The first-order valence-electron chi connectivity index (χ1n) is 9.99. The summed E-state index contributed by atoms with van der Waals surface area (Å²) in [4.78, 5) is 29.0. The van der Waals surface area contributed by atoms with Gasteiger partial charge in [0.15, 0.2) is 4.34 Å². The Bertz CT molecular complexity index is 1090. The van der Waals surface area contributed by atoms with Crippen LogP contribution < -0.4 is 10.6 Å². The van der Waals surface area contributed by atoms with Gasteiger partial charge in [0.25, 0.3) is 0 Å². The van der Waals surface area contributed by atoms with Crippen LogP contribution in [-0.4, -0.2) is 41.8 Å². The first-order chi connectivity index (χ1) is 15.4. The van der Waals surface area contributed by atoms with E-state index in [0.717, 1.165) is 25.9 Å². The summed E-state index contributed by atoms with van der Waals surface area (Å²) < 4.78 is 20.4. The molecule has 0 aliphatic heterocycles. The largest absolute Gasteiger partial charge is 0.377 e. The van der Waals surface area contributed by atoms with Crippen molar-refractivity contribution in [3.8, 4) is 0 Å². The molecular weight excluding hydrogens is 449 g/mol. The van der Waals surface area contributed by atoms with Gasteiger partial charge < -0.3 is 15.4 Å². The van der Waals surface area contributed by atoms with E-state index in [1.54, 1.807) is 47.4 Å². The van der Waals surface area contributed by atoms with Gasteiger partial charge in [-0.05, 0) is 35.9 Å². The zero-order valence-electron chi connectivity index (χ0n) is 17.6. The minimum absolute atomic E-state index is 0.253. The minimum Gasteiger partial charge on any atom is -0.377 e. The maximum Gasteiger partial charge on any atom is 0.247 e. The zero-order valence-corrected chi connectivity index (χ0v) is 19.2. The number of thioether (sulfide) groups is 1. The molecule has 0 saturated carbocycles. The summed E-state index contributed by atoms with van der Waals surface area (Å²) in [6.45, 7) is 6.12. The molecule has 1 aromatic heterocycles. The lowest BCUT2D eigenvalue weighted by Gasteiger charge is -2.18. The number of aromatic nitrogens is 1. The number of halogens is 1. The van der Waals surface area contributed by atoms with E-state index in [-0.39, 0.29) is 24.1 Å². The van der Waals surface area contributed by atoms with E-state index in [2.05, 4.69) is 22.2 Å². The lowest BCUT2D eigenvalue weighted by atomic mass is 10.0. The number of rotatable bonds is 11. The Morgan fingerprint density at radius 3 is 2.78 bits per heavy atom. The molecule has 0 bridgehead atoms. The standard InChI is InChI=1S/C23H24FN3O3S2/c1-3-10-30-11-12-31-23-27-19-9-8-18(14-21(19)32-23)26-22(29)20(25-15(2)28)13-16-4-6-17(24)7-5-16/h3-9,14,20H,1,10-13H2,2H3,(H,25,28)(H,26,29). The maximum atomic E-state index is 13.2. The number of nitrogens with zero attached hydrogens (tertiary/aromatic N) is 1. The summed E-state index contributed by atoms with van der Waals surface area (Å²) in [7, 11) is 0. The molecule has 168 valence electrons. The van der Waals surface area contributed by atoms with Crippen molar-refractivity contribution < 1.29 is 18.7 Å². The normalized spacial score (nSPS) is 11.8. The molecule has 32 heavy (non-hydrogen) atoms. The molecule has 0 aliphatic carbocycles. The fourth-order valence-corrected chi connectivity index (χ4v) is 4.97. The Kier molecular flexibility index (Phi) is 8.78. The molecular formula is C23H24FN3O3S2. The predicted molar refractivity (Wildman–Crippen MR) is 128 cm³/mol. The van der Waals surface area contributed by atoms with Crippen LogP contribution in [0.3, 0.4) is 0 Å². The number of amides is 2. The van der Waals surface area contributed by atoms with Crippen molar-refractivity contribution in [2.24, 2.45) is 0 Å². The van der Waals surface area contributed by atoms with Crippen LogP contribution in [0.1, 0.15) is 12.5 Å². The topological polar surface area (TPSA) is 80.3 Å². The lowest BCUT2D eigenvalue weighted by molar-refractivity contribution is -0.125. The molecule has 0 fully saturated rings. The number of hydrogen-bond acceptors (Lipinski definition) is 6. The number of hydrogen-bond donors (Lipinski definition) is 2. The van der Waals surface area contributed by atoms with E-state index in [9.17, 15) is 14.0 Å². The SMILES string of the molecule is C=CCOCCSc1nc2ccc(NC(=O)C(Cc3ccc(F)cc3)NC(C)=O)cc2s1. The van der Waals surface area contributed by atoms with Crippen molar-refractivity contribution in [2.75, 3.05) is 24.3 Å². The quantitative estimate of drug-likeness (QED) is 0.245. The molecule has 3 rings (SSSR count). The van der Waals surface area contributed by atoms with Gasteiger partial charge in [-0.25, -0.2) is 9.37 Å². The molecule has 2 amide bonds. The highest BCUT2D eigenvalue weighted by Gasteiger charge is 2.20. The van der Waals surface area contributed by atoms with E-state index in [0.29, 0.717) is 18.9 Å². The Hall–Kier alpha value is -2.75. The van der Waals surface area contributed by atoms with Crippen LogP contribution in [0.5, 0.6) is 0 Å². The van der Waals surface area contributed by atoms with Crippen LogP contribution in [-0.2, 0) is 20.7 Å². The van der Waals surface area contributed by atoms with Crippen LogP contribution in [0.2, 0.25) is 0 Å². The van der Waals surface area contributed by atoms with Crippen molar-refractivity contribution in [1.29, 1.82) is 0 Å². The van der Waals surface area contributed by atoms with Gasteiger partial charge in [0.1, 0.15) is 11.9 Å². The second kappa shape index (κ2) is 11.8. The van der Waals surface area contributed by atoms with Gasteiger partial charge in [-0.2, -0.15) is 0 Å². The number of nitrogens with one attached hydrogen (secondary N) is 2. The van der Waals surface area contributed by atoms with Gasteiger partial charge in [0, 0.05) is 24.8 Å². The highest BCUT2D eigenvalue weighted by molar-refractivity contribution is 8.01. The average molecular weight is 474 g/mol. The third-order valence-corrected chi connectivity index (χ3v) is 6.50. The highest BCUT2D eigenvalue weighted by atomic mass is 32.2. The molecule has 9 heteroatoms. The molecule has 6 nitrogen and oxygen atoms in total. The van der Waals surface area contributed by atoms with Crippen LogP contribution in [0, 0.1) is 5.82 Å². The van der Waals surface area contributed by atoms with Gasteiger partial charge in [-0.3, -0.25) is 9.59 Å². The second-order valence-corrected chi connectivity index (χ2v) is 9.32. The monoisotopic (exact) mass is 473 g/mol. The molecule has 1 heterocycles. The molecule has 2 aromatic carbocycles. The first kappa shape index (κ1) is 23.9. The van der Waals surface area contributed by atoms with Crippen LogP contribution in [0.15, 0.2) is 59.5 Å². The van der Waals surface area contributed by atoms with Gasteiger partial charge in [0.05, 0.1) is 23.4 Å². The lowest BCUT2D eigenvalue weighted by Crippen LogP contribution is -2.44. The van der Waals surface area contributed by atoms with Gasteiger partial charge in [-0.15, -0.1) is 17.9 Å². The van der Waals surface area contributed by atoms with Crippen molar-refractivity contribution in [3.63, 3.8) is 0 Å². The summed E-state index contributed by atoms with van der Waals surface area (Å²) in [6, 6.07) is 10.6. The van der Waals surface area contributed by atoms with E-state index < -0.39 is 6.04 Å². The summed E-state index contributed by atoms with van der Waals surface area (Å²) in [6.07, 6.45) is 1.97. The van der Waals surface area contributed by atoms with E-state index >= 15 is 0 Å². The highest BCUT2D eigenvalue weighted by Crippen LogP contribution is 2.31. The molecule has 2 N–H and O–H groups in total. The summed E-state index contributed by atoms with van der Waals surface area (Å²) >= 11 is 3.16. The molecule has 3 aromatic rings. The van der Waals surface area contributed by atoms with Gasteiger partial charge in [0.2, 0.25) is 11.8 Å². The van der Waals surface area contributed by atoms with Crippen molar-refractivity contribution in [1.82, 2.24) is 10.3 Å². The fraction of sp³-hybridized carbons (Fsp3) is 0.261. The Morgan fingerprint density at radius 2 is 2.06 bits per heavy atom. The second-order valence-electron chi connectivity index (χ2n) is 6.95. The molecule has 0 spiro atoms. The van der Waals surface area contributed by atoms with E-state index in [1.807, 2.05) is 12.1 Å². The number of carbonyl (C=O) groups is 2. The minimum atomic E-state index is -0.781. The maximum absolute atomic E-state index is 13.2. The smallest absolute Gasteiger partial charge is 0.247 e. The molecule has 0 saturated heterocycles. The molecule has 0 radical (unpaired) electrons. The summed E-state index contributed by atoms with van der Waals surface area (Å²) in [5.41, 5.74) is 2.22. The summed E-state index contributed by atoms with van der Waals surface area (Å²) in [5, 5.41) is 5.53. The van der Waals surface area contributed by atoms with Gasteiger partial charge >= 0.3 is 0 Å².